The van der Waals surface area contributed by atoms with Crippen LogP contribution in [0.2, 0.25) is 0 Å². The van der Waals surface area contributed by atoms with Crippen molar-refractivity contribution in [2.24, 2.45) is 5.92 Å². The molecule has 0 atom stereocenters. The van der Waals surface area contributed by atoms with E-state index in [0.717, 1.165) is 42.3 Å². The van der Waals surface area contributed by atoms with Crippen molar-refractivity contribution in [2.45, 2.75) is 47.5 Å². The quantitative estimate of drug-likeness (QED) is 0.580. The number of benzene rings is 1. The molecule has 0 saturated carbocycles. The number of fused-ring (bicyclic) bond motifs is 1. The maximum Gasteiger partial charge on any atom is 0.230 e. The van der Waals surface area contributed by atoms with Gasteiger partial charge >= 0.3 is 0 Å². The van der Waals surface area contributed by atoms with Crippen molar-refractivity contribution < 1.29 is 4.79 Å². The molecule has 1 aromatic carbocycles. The normalized spacial score (nSPS) is 15.0. The Morgan fingerprint density at radius 1 is 1.10 bits per heavy atom. The number of piperidine rings is 1. The van der Waals surface area contributed by atoms with Crippen LogP contribution in [0.1, 0.15) is 41.3 Å². The second-order valence-electron chi connectivity index (χ2n) is 8.35. The smallest absolute Gasteiger partial charge is 0.230 e. The minimum Gasteiger partial charge on any atom is -0.356 e. The summed E-state index contributed by atoms with van der Waals surface area (Å²) < 4.78 is 0. The minimum absolute atomic E-state index is 0.0599. The van der Waals surface area contributed by atoms with Crippen molar-refractivity contribution in [2.75, 3.05) is 29.4 Å². The summed E-state index contributed by atoms with van der Waals surface area (Å²) in [7, 11) is 0. The van der Waals surface area contributed by atoms with Gasteiger partial charge in [0, 0.05) is 36.1 Å². The molecule has 0 radical (unpaired) electrons. The van der Waals surface area contributed by atoms with Gasteiger partial charge in [-0.25, -0.2) is 9.97 Å². The molecular weight excluding hydrogens is 392 g/mol. The van der Waals surface area contributed by atoms with E-state index in [4.69, 9.17) is 0 Å². The number of hydrogen-bond donors (Lipinski definition) is 0. The molecule has 158 valence electrons. The number of amides is 1. The molecule has 2 aromatic heterocycles. The van der Waals surface area contributed by atoms with E-state index >= 15 is 0 Å². The monoisotopic (exact) mass is 422 g/mol. The number of aryl methyl sites for hydroxylation is 4. The Morgan fingerprint density at radius 3 is 2.40 bits per heavy atom. The number of anilines is 2. The van der Waals surface area contributed by atoms with E-state index in [1.807, 2.05) is 4.90 Å². The summed E-state index contributed by atoms with van der Waals surface area (Å²) in [5.41, 5.74) is 4.68. The lowest BCUT2D eigenvalue weighted by Crippen LogP contribution is -2.43. The number of rotatable bonds is 4. The number of carbonyl (C=O) groups is 1. The second-order valence-corrected chi connectivity index (χ2v) is 9.55. The molecule has 5 nitrogen and oxygen atoms in total. The molecule has 3 aromatic rings. The first kappa shape index (κ1) is 20.8. The largest absolute Gasteiger partial charge is 0.356 e. The Kier molecular flexibility index (Phi) is 5.78. The van der Waals surface area contributed by atoms with Gasteiger partial charge in [-0.2, -0.15) is 0 Å². The van der Waals surface area contributed by atoms with Crippen LogP contribution < -0.4 is 9.80 Å². The van der Waals surface area contributed by atoms with Gasteiger partial charge in [-0.15, -0.1) is 11.3 Å². The SMILES string of the molecule is CCN(C(=O)C1CCN(c2ncnc3sc(C)c(C)c23)CC1)c1cc(C)cc(C)c1. The summed E-state index contributed by atoms with van der Waals surface area (Å²) in [4.78, 5) is 29.1. The summed E-state index contributed by atoms with van der Waals surface area (Å²) in [5, 5.41) is 1.18. The number of aromatic nitrogens is 2. The van der Waals surface area contributed by atoms with Gasteiger partial charge in [-0.1, -0.05) is 6.07 Å². The minimum atomic E-state index is 0.0599. The predicted molar refractivity (Wildman–Crippen MR) is 126 cm³/mol. The fraction of sp³-hybridized carbons (Fsp3) is 0.458. The van der Waals surface area contributed by atoms with Crippen LogP contribution in [0.3, 0.4) is 0 Å². The molecule has 1 aliphatic heterocycles. The molecule has 6 heteroatoms. The lowest BCUT2D eigenvalue weighted by molar-refractivity contribution is -0.122. The summed E-state index contributed by atoms with van der Waals surface area (Å²) in [5.74, 6) is 1.33. The Hall–Kier alpha value is -2.47. The van der Waals surface area contributed by atoms with E-state index in [1.165, 1.54) is 27.0 Å². The molecule has 0 bridgehead atoms. The van der Waals surface area contributed by atoms with Crippen molar-refractivity contribution in [1.29, 1.82) is 0 Å². The molecular formula is C24H30N4OS. The molecule has 0 spiro atoms. The van der Waals surface area contributed by atoms with E-state index in [-0.39, 0.29) is 11.8 Å². The zero-order valence-electron chi connectivity index (χ0n) is 18.5. The fourth-order valence-corrected chi connectivity index (χ4v) is 5.53. The van der Waals surface area contributed by atoms with Crippen molar-refractivity contribution in [1.82, 2.24) is 9.97 Å². The van der Waals surface area contributed by atoms with E-state index in [9.17, 15) is 4.79 Å². The predicted octanol–water partition coefficient (Wildman–Crippen LogP) is 5.19. The third-order valence-electron chi connectivity index (χ3n) is 6.19. The highest BCUT2D eigenvalue weighted by Gasteiger charge is 2.30. The topological polar surface area (TPSA) is 49.3 Å². The Morgan fingerprint density at radius 2 is 1.77 bits per heavy atom. The van der Waals surface area contributed by atoms with E-state index in [2.05, 4.69) is 67.7 Å². The lowest BCUT2D eigenvalue weighted by Gasteiger charge is -2.35. The van der Waals surface area contributed by atoms with E-state index < -0.39 is 0 Å². The van der Waals surface area contributed by atoms with Crippen LogP contribution in [0.4, 0.5) is 11.5 Å². The van der Waals surface area contributed by atoms with Crippen molar-refractivity contribution in [3.8, 4) is 0 Å². The molecule has 1 amide bonds. The van der Waals surface area contributed by atoms with E-state index in [0.29, 0.717) is 6.54 Å². The summed E-state index contributed by atoms with van der Waals surface area (Å²) in [6, 6.07) is 6.38. The van der Waals surface area contributed by atoms with Crippen LogP contribution in [-0.2, 0) is 4.79 Å². The van der Waals surface area contributed by atoms with Gasteiger partial charge in [0.05, 0.1) is 5.39 Å². The Labute approximate surface area is 182 Å². The summed E-state index contributed by atoms with van der Waals surface area (Å²) in [6.45, 7) is 12.9. The maximum absolute atomic E-state index is 13.3. The van der Waals surface area contributed by atoms with Gasteiger partial charge in [-0.05, 0) is 76.3 Å². The van der Waals surface area contributed by atoms with Crippen molar-refractivity contribution >= 4 is 39.0 Å². The molecule has 30 heavy (non-hydrogen) atoms. The standard InChI is InChI=1S/C24H30N4OS/c1-6-28(20-12-15(2)11-16(3)13-20)24(29)19-7-9-27(10-8-19)22-21-17(4)18(5)30-23(21)26-14-25-22/h11-14,19H,6-10H2,1-5H3. The van der Waals surface area contributed by atoms with Crippen LogP contribution >= 0.6 is 11.3 Å². The van der Waals surface area contributed by atoms with Gasteiger partial charge in [0.15, 0.2) is 0 Å². The van der Waals surface area contributed by atoms with Gasteiger partial charge in [0.25, 0.3) is 0 Å². The Balaban J connectivity index is 1.51. The van der Waals surface area contributed by atoms with Gasteiger partial charge in [-0.3, -0.25) is 4.79 Å². The zero-order chi connectivity index (χ0) is 21.4. The van der Waals surface area contributed by atoms with Crippen LogP contribution in [-0.4, -0.2) is 35.5 Å². The molecule has 0 N–H and O–H groups in total. The Bertz CT molecular complexity index is 1060. The molecule has 4 rings (SSSR count). The highest BCUT2D eigenvalue weighted by molar-refractivity contribution is 7.18. The molecule has 1 saturated heterocycles. The van der Waals surface area contributed by atoms with Crippen LogP contribution in [0.15, 0.2) is 24.5 Å². The first-order chi connectivity index (χ1) is 14.4. The average Bonchev–Trinajstić information content (AvgIpc) is 3.02. The van der Waals surface area contributed by atoms with Gasteiger partial charge in [0.2, 0.25) is 5.91 Å². The first-order valence-corrected chi connectivity index (χ1v) is 11.6. The molecule has 1 fully saturated rings. The number of carbonyl (C=O) groups excluding carboxylic acids is 1. The third-order valence-corrected chi connectivity index (χ3v) is 7.30. The number of hydrogen-bond acceptors (Lipinski definition) is 5. The third kappa shape index (κ3) is 3.81. The fourth-order valence-electron chi connectivity index (χ4n) is 4.53. The molecule has 3 heterocycles. The van der Waals surface area contributed by atoms with E-state index in [1.54, 1.807) is 17.7 Å². The van der Waals surface area contributed by atoms with Crippen molar-refractivity contribution in [3.63, 3.8) is 0 Å². The van der Waals surface area contributed by atoms with Crippen LogP contribution in [0, 0.1) is 33.6 Å². The number of nitrogens with zero attached hydrogens (tertiary/aromatic N) is 4. The molecule has 1 aliphatic rings. The van der Waals surface area contributed by atoms with Crippen molar-refractivity contribution in [3.05, 3.63) is 46.1 Å². The van der Waals surface area contributed by atoms with Gasteiger partial charge in [0.1, 0.15) is 17.0 Å². The maximum atomic E-state index is 13.3. The highest BCUT2D eigenvalue weighted by Crippen LogP contribution is 2.36. The summed E-state index contributed by atoms with van der Waals surface area (Å²) in [6.07, 6.45) is 3.38. The van der Waals surface area contributed by atoms with Crippen LogP contribution in [0.25, 0.3) is 10.2 Å². The zero-order valence-corrected chi connectivity index (χ0v) is 19.3. The van der Waals surface area contributed by atoms with Crippen LogP contribution in [0.5, 0.6) is 0 Å². The van der Waals surface area contributed by atoms with Gasteiger partial charge < -0.3 is 9.80 Å². The average molecular weight is 423 g/mol. The molecule has 0 unspecified atom stereocenters. The summed E-state index contributed by atoms with van der Waals surface area (Å²) >= 11 is 1.73. The lowest BCUT2D eigenvalue weighted by atomic mass is 9.94. The first-order valence-electron chi connectivity index (χ1n) is 10.7. The number of thiophene rings is 1. The molecule has 0 aliphatic carbocycles. The highest BCUT2D eigenvalue weighted by atomic mass is 32.1. The second kappa shape index (κ2) is 8.34.